The number of hydrogen-bond donors (Lipinski definition) is 1. The van der Waals surface area contributed by atoms with Gasteiger partial charge in [-0.05, 0) is 26.0 Å². The van der Waals surface area contributed by atoms with Crippen molar-refractivity contribution < 1.29 is 4.39 Å². The van der Waals surface area contributed by atoms with Crippen LogP contribution in [0.4, 0.5) is 10.2 Å². The van der Waals surface area contributed by atoms with Gasteiger partial charge in [-0.15, -0.1) is 0 Å². The van der Waals surface area contributed by atoms with Gasteiger partial charge in [-0.2, -0.15) is 5.26 Å². The fourth-order valence-corrected chi connectivity index (χ4v) is 1.05. The summed E-state index contributed by atoms with van der Waals surface area (Å²) in [5.41, 5.74) is 1.20. The summed E-state index contributed by atoms with van der Waals surface area (Å²) in [6.45, 7) is 3.04. The molecule has 0 saturated heterocycles. The van der Waals surface area contributed by atoms with E-state index in [0.717, 1.165) is 0 Å². The summed E-state index contributed by atoms with van der Waals surface area (Å²) < 4.78 is 12.2. The average molecular weight is 193 g/mol. The SMILES string of the molecule is Cc1nc(N[C@@H](C)CF)ccc1C#N. The van der Waals surface area contributed by atoms with Gasteiger partial charge in [0.15, 0.2) is 0 Å². The van der Waals surface area contributed by atoms with Gasteiger partial charge in [-0.1, -0.05) is 0 Å². The van der Waals surface area contributed by atoms with Crippen molar-refractivity contribution in [3.63, 3.8) is 0 Å². The number of halogens is 1. The largest absolute Gasteiger partial charge is 0.365 e. The standard InChI is InChI=1S/C10H12FN3/c1-7(5-11)13-10-4-3-9(6-12)8(2)14-10/h3-4,7H,5H2,1-2H3,(H,13,14)/t7-/m0/s1. The van der Waals surface area contributed by atoms with Crippen molar-refractivity contribution >= 4 is 5.82 Å². The molecule has 1 aromatic heterocycles. The van der Waals surface area contributed by atoms with Crippen LogP contribution in [0.25, 0.3) is 0 Å². The molecular formula is C10H12FN3. The van der Waals surface area contributed by atoms with Gasteiger partial charge in [0.2, 0.25) is 0 Å². The molecule has 1 aromatic rings. The van der Waals surface area contributed by atoms with E-state index in [9.17, 15) is 4.39 Å². The second kappa shape index (κ2) is 4.56. The lowest BCUT2D eigenvalue weighted by molar-refractivity contribution is 0.459. The van der Waals surface area contributed by atoms with Crippen LogP contribution in [0.15, 0.2) is 12.1 Å². The molecule has 14 heavy (non-hydrogen) atoms. The molecule has 0 radical (unpaired) electrons. The van der Waals surface area contributed by atoms with Crippen molar-refractivity contribution in [2.45, 2.75) is 19.9 Å². The minimum Gasteiger partial charge on any atom is -0.365 e. The average Bonchev–Trinajstić information content (AvgIpc) is 2.18. The van der Waals surface area contributed by atoms with Crippen LogP contribution in [0.3, 0.4) is 0 Å². The van der Waals surface area contributed by atoms with E-state index in [4.69, 9.17) is 5.26 Å². The van der Waals surface area contributed by atoms with E-state index in [0.29, 0.717) is 17.1 Å². The number of nitriles is 1. The molecule has 0 aromatic carbocycles. The Labute approximate surface area is 82.6 Å². The molecular weight excluding hydrogens is 181 g/mol. The molecule has 0 aliphatic carbocycles. The Hall–Kier alpha value is -1.63. The second-order valence-electron chi connectivity index (χ2n) is 3.14. The van der Waals surface area contributed by atoms with Crippen LogP contribution < -0.4 is 5.32 Å². The van der Waals surface area contributed by atoms with Gasteiger partial charge in [-0.3, -0.25) is 0 Å². The zero-order valence-electron chi connectivity index (χ0n) is 8.21. The third-order valence-corrected chi connectivity index (χ3v) is 1.83. The number of nitrogens with one attached hydrogen (secondary N) is 1. The molecule has 0 spiro atoms. The van der Waals surface area contributed by atoms with E-state index in [-0.39, 0.29) is 6.04 Å². The van der Waals surface area contributed by atoms with Gasteiger partial charge in [0.1, 0.15) is 18.6 Å². The minimum atomic E-state index is -0.444. The highest BCUT2D eigenvalue weighted by atomic mass is 19.1. The summed E-state index contributed by atoms with van der Waals surface area (Å²) >= 11 is 0. The molecule has 1 atom stereocenters. The molecule has 0 amide bonds. The van der Waals surface area contributed by atoms with E-state index in [1.165, 1.54) is 0 Å². The first-order valence-corrected chi connectivity index (χ1v) is 4.37. The van der Waals surface area contributed by atoms with Crippen molar-refractivity contribution in [2.24, 2.45) is 0 Å². The molecule has 3 nitrogen and oxygen atoms in total. The Morgan fingerprint density at radius 3 is 2.86 bits per heavy atom. The zero-order valence-corrected chi connectivity index (χ0v) is 8.21. The first-order valence-electron chi connectivity index (χ1n) is 4.37. The van der Waals surface area contributed by atoms with Crippen LogP contribution in [-0.4, -0.2) is 17.7 Å². The van der Waals surface area contributed by atoms with Crippen LogP contribution in [-0.2, 0) is 0 Å². The second-order valence-corrected chi connectivity index (χ2v) is 3.14. The van der Waals surface area contributed by atoms with Gasteiger partial charge in [-0.25, -0.2) is 9.37 Å². The third-order valence-electron chi connectivity index (χ3n) is 1.83. The maximum Gasteiger partial charge on any atom is 0.126 e. The lowest BCUT2D eigenvalue weighted by atomic mass is 10.2. The highest BCUT2D eigenvalue weighted by molar-refractivity contribution is 5.43. The fraction of sp³-hybridized carbons (Fsp3) is 0.400. The molecule has 0 bridgehead atoms. The normalized spacial score (nSPS) is 11.9. The minimum absolute atomic E-state index is 0.255. The highest BCUT2D eigenvalue weighted by Crippen LogP contribution is 2.10. The van der Waals surface area contributed by atoms with Crippen molar-refractivity contribution in [3.8, 4) is 6.07 Å². The van der Waals surface area contributed by atoms with Gasteiger partial charge in [0.05, 0.1) is 17.3 Å². The molecule has 0 unspecified atom stereocenters. The number of aromatic nitrogens is 1. The molecule has 0 aliphatic rings. The molecule has 0 fully saturated rings. The van der Waals surface area contributed by atoms with E-state index >= 15 is 0 Å². The Bertz CT molecular complexity index is 357. The quantitative estimate of drug-likeness (QED) is 0.799. The van der Waals surface area contributed by atoms with Gasteiger partial charge in [0, 0.05) is 0 Å². The lowest BCUT2D eigenvalue weighted by Gasteiger charge is -2.10. The summed E-state index contributed by atoms with van der Waals surface area (Å²) in [6, 6.07) is 5.13. The maximum atomic E-state index is 12.2. The van der Waals surface area contributed by atoms with E-state index in [1.807, 2.05) is 6.07 Å². The number of rotatable bonds is 3. The maximum absolute atomic E-state index is 12.2. The molecule has 1 N–H and O–H groups in total. The number of alkyl halides is 1. The van der Waals surface area contributed by atoms with Crippen molar-refractivity contribution in [1.82, 2.24) is 4.98 Å². The lowest BCUT2D eigenvalue weighted by Crippen LogP contribution is -2.18. The van der Waals surface area contributed by atoms with Gasteiger partial charge in [0.25, 0.3) is 0 Å². The zero-order chi connectivity index (χ0) is 10.6. The monoisotopic (exact) mass is 193 g/mol. The van der Waals surface area contributed by atoms with Crippen LogP contribution in [0.2, 0.25) is 0 Å². The highest BCUT2D eigenvalue weighted by Gasteiger charge is 2.04. The van der Waals surface area contributed by atoms with Crippen LogP contribution in [0.1, 0.15) is 18.2 Å². The molecule has 4 heteroatoms. The van der Waals surface area contributed by atoms with E-state index in [2.05, 4.69) is 10.3 Å². The van der Waals surface area contributed by atoms with Gasteiger partial charge < -0.3 is 5.32 Å². The van der Waals surface area contributed by atoms with Crippen molar-refractivity contribution in [2.75, 3.05) is 12.0 Å². The molecule has 0 aliphatic heterocycles. The summed E-state index contributed by atoms with van der Waals surface area (Å²) in [5.74, 6) is 0.603. The molecule has 0 saturated carbocycles. The summed E-state index contributed by atoms with van der Waals surface area (Å²) in [5, 5.41) is 11.6. The third kappa shape index (κ3) is 2.43. The summed E-state index contributed by atoms with van der Waals surface area (Å²) in [7, 11) is 0. The van der Waals surface area contributed by atoms with Crippen LogP contribution in [0, 0.1) is 18.3 Å². The summed E-state index contributed by atoms with van der Waals surface area (Å²) in [4.78, 5) is 4.13. The number of hydrogen-bond acceptors (Lipinski definition) is 3. The Morgan fingerprint density at radius 2 is 2.36 bits per heavy atom. The van der Waals surface area contributed by atoms with Gasteiger partial charge >= 0.3 is 0 Å². The number of aryl methyl sites for hydroxylation is 1. The first kappa shape index (κ1) is 10.5. The van der Waals surface area contributed by atoms with Crippen LogP contribution in [0.5, 0.6) is 0 Å². The molecule has 74 valence electrons. The topological polar surface area (TPSA) is 48.7 Å². The Balaban J connectivity index is 2.82. The van der Waals surface area contributed by atoms with Crippen molar-refractivity contribution in [3.05, 3.63) is 23.4 Å². The summed E-state index contributed by atoms with van der Waals surface area (Å²) in [6.07, 6.45) is 0. The smallest absolute Gasteiger partial charge is 0.126 e. The molecule has 1 heterocycles. The predicted molar refractivity (Wildman–Crippen MR) is 52.7 cm³/mol. The van der Waals surface area contributed by atoms with E-state index < -0.39 is 6.67 Å². The van der Waals surface area contributed by atoms with E-state index in [1.54, 1.807) is 26.0 Å². The number of pyridine rings is 1. The molecule has 1 rings (SSSR count). The Kier molecular flexibility index (Phi) is 3.41. The fourth-order valence-electron chi connectivity index (χ4n) is 1.05. The van der Waals surface area contributed by atoms with Crippen molar-refractivity contribution in [1.29, 1.82) is 5.26 Å². The van der Waals surface area contributed by atoms with Crippen LogP contribution >= 0.6 is 0 Å². The number of anilines is 1. The first-order chi connectivity index (χ1) is 6.67. The number of nitrogens with zero attached hydrogens (tertiary/aromatic N) is 2. The Morgan fingerprint density at radius 1 is 1.64 bits per heavy atom. The predicted octanol–water partition coefficient (Wildman–Crippen LogP) is 2.03.